The highest BCUT2D eigenvalue weighted by molar-refractivity contribution is 7.92. The van der Waals surface area contributed by atoms with E-state index in [1.54, 1.807) is 42.5 Å². The number of nitrogens with one attached hydrogen (secondary N) is 1. The summed E-state index contributed by atoms with van der Waals surface area (Å²) >= 11 is 5.88. The van der Waals surface area contributed by atoms with Crippen LogP contribution in [0.2, 0.25) is 5.02 Å². The van der Waals surface area contributed by atoms with Crippen LogP contribution in [0.3, 0.4) is 0 Å². The lowest BCUT2D eigenvalue weighted by atomic mass is 10.1. The van der Waals surface area contributed by atoms with Crippen LogP contribution in [0.15, 0.2) is 77.7 Å². The molecule has 7 heteroatoms. The van der Waals surface area contributed by atoms with Crippen LogP contribution in [-0.2, 0) is 10.0 Å². The van der Waals surface area contributed by atoms with Gasteiger partial charge in [0, 0.05) is 10.7 Å². The van der Waals surface area contributed by atoms with Crippen molar-refractivity contribution < 1.29 is 18.3 Å². The van der Waals surface area contributed by atoms with Gasteiger partial charge in [0.15, 0.2) is 0 Å². The van der Waals surface area contributed by atoms with Gasteiger partial charge >= 0.3 is 5.97 Å². The third-order valence-electron chi connectivity index (χ3n) is 3.68. The van der Waals surface area contributed by atoms with Crippen LogP contribution >= 0.6 is 11.6 Å². The molecule has 3 rings (SSSR count). The van der Waals surface area contributed by atoms with Crippen molar-refractivity contribution in [1.82, 2.24) is 0 Å². The highest BCUT2D eigenvalue weighted by atomic mass is 35.5. The van der Waals surface area contributed by atoms with Gasteiger partial charge in [-0.15, -0.1) is 0 Å². The highest BCUT2D eigenvalue weighted by Crippen LogP contribution is 2.25. The summed E-state index contributed by atoms with van der Waals surface area (Å²) in [6.07, 6.45) is 0. The third-order valence-corrected chi connectivity index (χ3v) is 5.31. The summed E-state index contributed by atoms with van der Waals surface area (Å²) in [6, 6.07) is 19.2. The van der Waals surface area contributed by atoms with Crippen molar-refractivity contribution in [2.24, 2.45) is 0 Å². The minimum Gasteiger partial charge on any atom is -0.478 e. The average molecular weight is 388 g/mol. The van der Waals surface area contributed by atoms with E-state index in [-0.39, 0.29) is 16.1 Å². The number of halogens is 1. The summed E-state index contributed by atoms with van der Waals surface area (Å²) in [5.41, 5.74) is 1.74. The molecule has 0 bridgehead atoms. The van der Waals surface area contributed by atoms with Crippen LogP contribution in [0.25, 0.3) is 11.1 Å². The molecular weight excluding hydrogens is 374 g/mol. The number of carbonyl (C=O) groups is 1. The lowest BCUT2D eigenvalue weighted by Gasteiger charge is -2.10. The smallest absolute Gasteiger partial charge is 0.335 e. The van der Waals surface area contributed by atoms with Gasteiger partial charge in [0.1, 0.15) is 0 Å². The molecule has 0 aromatic heterocycles. The SMILES string of the molecule is O=C(O)c1cccc(NS(=O)(=O)c2cccc(-c3ccc(Cl)cc3)c2)c1. The second-order valence-corrected chi connectivity index (χ2v) is 7.65. The minimum absolute atomic E-state index is 0.000106. The maximum atomic E-state index is 12.6. The van der Waals surface area contributed by atoms with Gasteiger partial charge in [0.05, 0.1) is 10.5 Å². The number of hydrogen-bond acceptors (Lipinski definition) is 3. The molecule has 0 saturated carbocycles. The van der Waals surface area contributed by atoms with Crippen molar-refractivity contribution in [3.05, 3.63) is 83.4 Å². The third kappa shape index (κ3) is 4.04. The molecule has 0 saturated heterocycles. The zero-order valence-corrected chi connectivity index (χ0v) is 15.0. The Bertz CT molecular complexity index is 1060. The van der Waals surface area contributed by atoms with E-state index in [9.17, 15) is 13.2 Å². The van der Waals surface area contributed by atoms with Gasteiger partial charge in [0.25, 0.3) is 10.0 Å². The molecule has 2 N–H and O–H groups in total. The van der Waals surface area contributed by atoms with E-state index in [4.69, 9.17) is 16.7 Å². The lowest BCUT2D eigenvalue weighted by Crippen LogP contribution is -2.13. The van der Waals surface area contributed by atoms with Gasteiger partial charge in [-0.3, -0.25) is 4.72 Å². The van der Waals surface area contributed by atoms with Crippen molar-refractivity contribution in [1.29, 1.82) is 0 Å². The first-order chi connectivity index (χ1) is 12.3. The fourth-order valence-corrected chi connectivity index (χ4v) is 3.64. The molecule has 0 radical (unpaired) electrons. The number of carboxylic acid groups (broad SMARTS) is 1. The number of rotatable bonds is 5. The van der Waals surface area contributed by atoms with Gasteiger partial charge in [-0.05, 0) is 53.6 Å². The second kappa shape index (κ2) is 7.19. The second-order valence-electron chi connectivity index (χ2n) is 5.53. The Morgan fingerprint density at radius 2 is 1.58 bits per heavy atom. The molecule has 0 aliphatic heterocycles. The molecule has 26 heavy (non-hydrogen) atoms. The summed E-state index contributed by atoms with van der Waals surface area (Å²) in [4.78, 5) is 11.1. The summed E-state index contributed by atoms with van der Waals surface area (Å²) in [5.74, 6) is -1.13. The Morgan fingerprint density at radius 1 is 0.885 bits per heavy atom. The topological polar surface area (TPSA) is 83.5 Å². The zero-order valence-electron chi connectivity index (χ0n) is 13.4. The quantitative estimate of drug-likeness (QED) is 0.674. The first kappa shape index (κ1) is 18.0. The highest BCUT2D eigenvalue weighted by Gasteiger charge is 2.16. The predicted molar refractivity (Wildman–Crippen MR) is 101 cm³/mol. The van der Waals surface area contributed by atoms with Gasteiger partial charge in [-0.1, -0.05) is 41.9 Å². The Labute approximate surface area is 155 Å². The predicted octanol–water partition coefficient (Wildman–Crippen LogP) is 4.51. The Kier molecular flexibility index (Phi) is 4.97. The zero-order chi connectivity index (χ0) is 18.7. The van der Waals surface area contributed by atoms with Crippen LogP contribution in [0.5, 0.6) is 0 Å². The molecule has 3 aromatic rings. The maximum Gasteiger partial charge on any atom is 0.335 e. The van der Waals surface area contributed by atoms with E-state index in [1.807, 2.05) is 0 Å². The first-order valence-electron chi connectivity index (χ1n) is 7.57. The molecule has 0 fully saturated rings. The van der Waals surface area contributed by atoms with Gasteiger partial charge in [-0.25, -0.2) is 13.2 Å². The molecule has 0 amide bonds. The molecule has 0 spiro atoms. The molecule has 132 valence electrons. The normalized spacial score (nSPS) is 11.1. The lowest BCUT2D eigenvalue weighted by molar-refractivity contribution is 0.0697. The molecule has 0 aliphatic rings. The van der Waals surface area contributed by atoms with Crippen LogP contribution in [0.4, 0.5) is 5.69 Å². The number of sulfonamides is 1. The van der Waals surface area contributed by atoms with E-state index in [2.05, 4.69) is 4.72 Å². The van der Waals surface area contributed by atoms with E-state index in [0.717, 1.165) is 11.1 Å². The fourth-order valence-electron chi connectivity index (χ4n) is 2.41. The van der Waals surface area contributed by atoms with Crippen LogP contribution < -0.4 is 4.72 Å². The standard InChI is InChI=1S/C19H14ClNO4S/c20-16-9-7-13(8-10-16)14-3-2-6-18(12-14)26(24,25)21-17-5-1-4-15(11-17)19(22)23/h1-12,21H,(H,22,23). The van der Waals surface area contributed by atoms with Gasteiger partial charge < -0.3 is 5.11 Å². The summed E-state index contributed by atoms with van der Waals surface area (Å²) < 4.78 is 27.7. The van der Waals surface area contributed by atoms with E-state index >= 15 is 0 Å². The molecule has 0 atom stereocenters. The molecular formula is C19H14ClNO4S. The van der Waals surface area contributed by atoms with Crippen molar-refractivity contribution >= 4 is 33.3 Å². The monoisotopic (exact) mass is 387 g/mol. The molecule has 0 unspecified atom stereocenters. The number of aromatic carboxylic acids is 1. The van der Waals surface area contributed by atoms with E-state index in [1.165, 1.54) is 30.3 Å². The first-order valence-corrected chi connectivity index (χ1v) is 9.43. The Hall–Kier alpha value is -2.83. The number of benzene rings is 3. The number of carboxylic acids is 1. The van der Waals surface area contributed by atoms with E-state index < -0.39 is 16.0 Å². The summed E-state index contributed by atoms with van der Waals surface area (Å²) in [7, 11) is -3.86. The largest absolute Gasteiger partial charge is 0.478 e. The van der Waals surface area contributed by atoms with Crippen LogP contribution in [0.1, 0.15) is 10.4 Å². The fraction of sp³-hybridized carbons (Fsp3) is 0. The van der Waals surface area contributed by atoms with Crippen molar-refractivity contribution in [3.8, 4) is 11.1 Å². The Morgan fingerprint density at radius 3 is 2.27 bits per heavy atom. The van der Waals surface area contributed by atoms with Crippen molar-refractivity contribution in [3.63, 3.8) is 0 Å². The molecule has 3 aromatic carbocycles. The maximum absolute atomic E-state index is 12.6. The molecule has 0 aliphatic carbocycles. The van der Waals surface area contributed by atoms with E-state index in [0.29, 0.717) is 5.02 Å². The van der Waals surface area contributed by atoms with Crippen LogP contribution in [-0.4, -0.2) is 19.5 Å². The average Bonchev–Trinajstić information content (AvgIpc) is 2.62. The summed E-state index contributed by atoms with van der Waals surface area (Å²) in [6.45, 7) is 0. The Balaban J connectivity index is 1.92. The number of anilines is 1. The van der Waals surface area contributed by atoms with Crippen molar-refractivity contribution in [2.75, 3.05) is 4.72 Å². The summed E-state index contributed by atoms with van der Waals surface area (Å²) in [5, 5.41) is 9.61. The van der Waals surface area contributed by atoms with Crippen LogP contribution in [0, 0.1) is 0 Å². The number of hydrogen-bond donors (Lipinski definition) is 2. The van der Waals surface area contributed by atoms with Gasteiger partial charge in [-0.2, -0.15) is 0 Å². The van der Waals surface area contributed by atoms with Crippen molar-refractivity contribution in [2.45, 2.75) is 4.90 Å². The molecule has 0 heterocycles. The van der Waals surface area contributed by atoms with Gasteiger partial charge in [0.2, 0.25) is 0 Å². The minimum atomic E-state index is -3.86. The molecule has 5 nitrogen and oxygen atoms in total.